The van der Waals surface area contributed by atoms with Crippen LogP contribution in [0, 0.1) is 0 Å². The molecule has 0 aromatic carbocycles. The molecule has 2 amide bonds. The molecule has 1 atom stereocenters. The fourth-order valence-electron chi connectivity index (χ4n) is 2.93. The number of nitrogens with one attached hydrogen (secondary N) is 1. The van der Waals surface area contributed by atoms with Crippen molar-refractivity contribution in [3.63, 3.8) is 0 Å². The number of amides is 2. The Morgan fingerprint density at radius 1 is 1.46 bits per heavy atom. The van der Waals surface area contributed by atoms with Gasteiger partial charge in [0.05, 0.1) is 12.1 Å². The molecule has 5 nitrogen and oxygen atoms in total. The van der Waals surface area contributed by atoms with Gasteiger partial charge in [-0.05, 0) is 54.6 Å². The number of rotatable bonds is 5. The molecule has 1 aliphatic heterocycles. The predicted molar refractivity (Wildman–Crippen MR) is 95.2 cm³/mol. The molecule has 3 rings (SSSR count). The highest BCUT2D eigenvalue weighted by Crippen LogP contribution is 2.32. The van der Waals surface area contributed by atoms with Gasteiger partial charge in [-0.2, -0.15) is 11.3 Å². The van der Waals surface area contributed by atoms with Crippen molar-refractivity contribution in [1.82, 2.24) is 15.2 Å². The first-order valence-electron chi connectivity index (χ1n) is 8.31. The van der Waals surface area contributed by atoms with Gasteiger partial charge in [-0.3, -0.25) is 0 Å². The number of carbonyl (C=O) groups excluding carboxylic acids is 1. The summed E-state index contributed by atoms with van der Waals surface area (Å²) in [4.78, 5) is 18.7. The molecule has 1 aliphatic rings. The molecule has 1 fully saturated rings. The first kappa shape index (κ1) is 16.8. The molecule has 128 valence electrons. The summed E-state index contributed by atoms with van der Waals surface area (Å²) in [6.07, 6.45) is 3.94. The van der Waals surface area contributed by atoms with E-state index < -0.39 is 0 Å². The Morgan fingerprint density at radius 3 is 3.00 bits per heavy atom. The van der Waals surface area contributed by atoms with Gasteiger partial charge in [-0.15, -0.1) is 0 Å². The SMILES string of the molecule is CC(C)Oc1ccc(CNC(=O)N2CCC[C@@H]2c2ccsc2)cn1. The second-order valence-corrected chi connectivity index (χ2v) is 7.02. The standard InChI is InChI=1S/C18H23N3O2S/c1-13(2)23-17-6-5-14(10-19-17)11-20-18(22)21-8-3-4-16(21)15-7-9-24-12-15/h5-7,9-10,12-13,16H,3-4,8,11H2,1-2H3,(H,20,22)/t16-/m1/s1. The highest BCUT2D eigenvalue weighted by Gasteiger charge is 2.29. The minimum atomic E-state index is -0.00814. The second kappa shape index (κ2) is 7.66. The van der Waals surface area contributed by atoms with Crippen LogP contribution in [0.3, 0.4) is 0 Å². The molecule has 6 heteroatoms. The number of hydrogen-bond acceptors (Lipinski definition) is 4. The second-order valence-electron chi connectivity index (χ2n) is 6.24. The van der Waals surface area contributed by atoms with E-state index in [4.69, 9.17) is 4.74 Å². The van der Waals surface area contributed by atoms with Crippen molar-refractivity contribution in [3.8, 4) is 5.88 Å². The highest BCUT2D eigenvalue weighted by atomic mass is 32.1. The molecule has 0 aliphatic carbocycles. The molecular weight excluding hydrogens is 322 g/mol. The van der Waals surface area contributed by atoms with Gasteiger partial charge in [0.2, 0.25) is 5.88 Å². The van der Waals surface area contributed by atoms with Gasteiger partial charge in [0.25, 0.3) is 0 Å². The average molecular weight is 345 g/mol. The number of aromatic nitrogens is 1. The van der Waals surface area contributed by atoms with Crippen molar-refractivity contribution in [2.45, 2.75) is 45.4 Å². The number of hydrogen-bond donors (Lipinski definition) is 1. The Hall–Kier alpha value is -2.08. The first-order valence-corrected chi connectivity index (χ1v) is 9.26. The minimum Gasteiger partial charge on any atom is -0.475 e. The van der Waals surface area contributed by atoms with Crippen LogP contribution in [0.5, 0.6) is 5.88 Å². The average Bonchev–Trinajstić information content (AvgIpc) is 3.24. The summed E-state index contributed by atoms with van der Waals surface area (Å²) in [6.45, 7) is 5.22. The number of pyridine rings is 1. The zero-order chi connectivity index (χ0) is 16.9. The number of ether oxygens (including phenoxy) is 1. The van der Waals surface area contributed by atoms with Crippen LogP contribution in [-0.4, -0.2) is 28.6 Å². The van der Waals surface area contributed by atoms with Gasteiger partial charge >= 0.3 is 6.03 Å². The molecule has 0 bridgehead atoms. The number of carbonyl (C=O) groups is 1. The number of urea groups is 1. The number of thiophene rings is 1. The van der Waals surface area contributed by atoms with Crippen molar-refractivity contribution >= 4 is 17.4 Å². The van der Waals surface area contributed by atoms with Gasteiger partial charge in [0.1, 0.15) is 0 Å². The molecule has 0 radical (unpaired) electrons. The van der Waals surface area contributed by atoms with Crippen molar-refractivity contribution in [2.24, 2.45) is 0 Å². The van der Waals surface area contributed by atoms with E-state index >= 15 is 0 Å². The van der Waals surface area contributed by atoms with Crippen LogP contribution < -0.4 is 10.1 Å². The highest BCUT2D eigenvalue weighted by molar-refractivity contribution is 7.07. The third-order valence-corrected chi connectivity index (χ3v) is 4.74. The molecule has 3 heterocycles. The van der Waals surface area contributed by atoms with Crippen molar-refractivity contribution < 1.29 is 9.53 Å². The predicted octanol–water partition coefficient (Wildman–Crippen LogP) is 3.98. The monoisotopic (exact) mass is 345 g/mol. The van der Waals surface area contributed by atoms with E-state index in [1.807, 2.05) is 30.9 Å². The van der Waals surface area contributed by atoms with Gasteiger partial charge in [0.15, 0.2) is 0 Å². The van der Waals surface area contributed by atoms with Crippen LogP contribution in [0.4, 0.5) is 4.79 Å². The summed E-state index contributed by atoms with van der Waals surface area (Å²) in [5, 5.41) is 7.20. The Morgan fingerprint density at radius 2 is 2.33 bits per heavy atom. The van der Waals surface area contributed by atoms with E-state index in [0.29, 0.717) is 12.4 Å². The van der Waals surface area contributed by atoms with E-state index in [-0.39, 0.29) is 18.2 Å². The first-order chi connectivity index (χ1) is 11.6. The lowest BCUT2D eigenvalue weighted by Crippen LogP contribution is -2.39. The Labute approximate surface area is 146 Å². The Balaban J connectivity index is 1.55. The van der Waals surface area contributed by atoms with E-state index in [2.05, 4.69) is 27.1 Å². The third kappa shape index (κ3) is 4.06. The maximum absolute atomic E-state index is 12.5. The summed E-state index contributed by atoms with van der Waals surface area (Å²) < 4.78 is 5.53. The number of likely N-dealkylation sites (tertiary alicyclic amines) is 1. The molecule has 0 spiro atoms. The van der Waals surface area contributed by atoms with Crippen LogP contribution in [-0.2, 0) is 6.54 Å². The fourth-order valence-corrected chi connectivity index (χ4v) is 3.63. The summed E-state index contributed by atoms with van der Waals surface area (Å²) in [5.74, 6) is 0.608. The van der Waals surface area contributed by atoms with Crippen molar-refractivity contribution in [3.05, 3.63) is 46.3 Å². The van der Waals surface area contributed by atoms with Crippen LogP contribution in [0.1, 0.15) is 43.9 Å². The lowest BCUT2D eigenvalue weighted by Gasteiger charge is -2.24. The van der Waals surface area contributed by atoms with Crippen molar-refractivity contribution in [2.75, 3.05) is 6.54 Å². The quantitative estimate of drug-likeness (QED) is 0.892. The molecule has 2 aromatic heterocycles. The number of nitrogens with zero attached hydrogens (tertiary/aromatic N) is 2. The maximum atomic E-state index is 12.5. The van der Waals surface area contributed by atoms with E-state index in [1.54, 1.807) is 17.5 Å². The van der Waals surface area contributed by atoms with Gasteiger partial charge in [-0.1, -0.05) is 6.07 Å². The lowest BCUT2D eigenvalue weighted by atomic mass is 10.1. The van der Waals surface area contributed by atoms with Crippen LogP contribution in [0.25, 0.3) is 0 Å². The fraction of sp³-hybridized carbons (Fsp3) is 0.444. The van der Waals surface area contributed by atoms with E-state index in [1.165, 1.54) is 5.56 Å². The van der Waals surface area contributed by atoms with Gasteiger partial charge in [0, 0.05) is 25.4 Å². The zero-order valence-corrected chi connectivity index (χ0v) is 14.9. The third-order valence-electron chi connectivity index (χ3n) is 4.04. The normalized spacial score (nSPS) is 17.3. The molecular formula is C18H23N3O2S. The van der Waals surface area contributed by atoms with Crippen LogP contribution in [0.2, 0.25) is 0 Å². The minimum absolute atomic E-state index is 0.00814. The molecule has 0 unspecified atom stereocenters. The molecule has 2 aromatic rings. The van der Waals surface area contributed by atoms with E-state index in [0.717, 1.165) is 24.9 Å². The largest absolute Gasteiger partial charge is 0.475 e. The smallest absolute Gasteiger partial charge is 0.318 e. The molecule has 1 N–H and O–H groups in total. The van der Waals surface area contributed by atoms with Gasteiger partial charge in [-0.25, -0.2) is 9.78 Å². The van der Waals surface area contributed by atoms with E-state index in [9.17, 15) is 4.79 Å². The van der Waals surface area contributed by atoms with Crippen LogP contribution in [0.15, 0.2) is 35.2 Å². The molecule has 24 heavy (non-hydrogen) atoms. The Bertz CT molecular complexity index is 655. The summed E-state index contributed by atoms with van der Waals surface area (Å²) in [7, 11) is 0. The summed E-state index contributed by atoms with van der Waals surface area (Å²) >= 11 is 1.68. The summed E-state index contributed by atoms with van der Waals surface area (Å²) in [5.41, 5.74) is 2.20. The topological polar surface area (TPSA) is 54.5 Å². The molecule has 0 saturated carbocycles. The lowest BCUT2D eigenvalue weighted by molar-refractivity contribution is 0.192. The Kier molecular flexibility index (Phi) is 5.35. The molecule has 1 saturated heterocycles. The zero-order valence-electron chi connectivity index (χ0n) is 14.1. The van der Waals surface area contributed by atoms with Crippen molar-refractivity contribution in [1.29, 1.82) is 0 Å². The van der Waals surface area contributed by atoms with Gasteiger partial charge < -0.3 is 15.0 Å². The maximum Gasteiger partial charge on any atom is 0.318 e. The summed E-state index contributed by atoms with van der Waals surface area (Å²) in [6, 6.07) is 6.08. The van der Waals surface area contributed by atoms with Crippen LogP contribution >= 0.6 is 11.3 Å².